The molecule has 0 aliphatic carbocycles. The number of anilines is 1. The molecule has 1 atom stereocenters. The molecule has 4 rings (SSSR count). The molecule has 170 valence electrons. The van der Waals surface area contributed by atoms with Gasteiger partial charge in [0.25, 0.3) is 5.91 Å². The van der Waals surface area contributed by atoms with Crippen LogP contribution in [0.3, 0.4) is 0 Å². The van der Waals surface area contributed by atoms with Crippen molar-refractivity contribution in [3.63, 3.8) is 0 Å². The van der Waals surface area contributed by atoms with Crippen molar-refractivity contribution in [3.05, 3.63) is 65.6 Å². The van der Waals surface area contributed by atoms with Crippen molar-refractivity contribution in [2.24, 2.45) is 0 Å². The number of fused-ring (bicyclic) bond motifs is 1. The molecule has 1 aliphatic rings. The summed E-state index contributed by atoms with van der Waals surface area (Å²) in [7, 11) is -3.90. The van der Waals surface area contributed by atoms with Crippen molar-refractivity contribution >= 4 is 27.3 Å². The maximum absolute atomic E-state index is 14.4. The molecule has 10 heteroatoms. The highest BCUT2D eigenvalue weighted by atomic mass is 32.2. The molecule has 0 radical (unpaired) electrons. The van der Waals surface area contributed by atoms with Gasteiger partial charge >= 0.3 is 0 Å². The number of carbonyl (C=O) groups is 1. The Labute approximate surface area is 185 Å². The SMILES string of the molecule is CC(C)(C)S(=O)(=O)NC(=O)c1cnc2ccc(N3CCCC3c3cc(F)ccc3F)cn12. The second kappa shape index (κ2) is 7.84. The number of hydrogen-bond acceptors (Lipinski definition) is 5. The molecule has 3 heterocycles. The van der Waals surface area contributed by atoms with E-state index < -0.39 is 32.3 Å². The van der Waals surface area contributed by atoms with E-state index in [-0.39, 0.29) is 17.3 Å². The number of nitrogens with one attached hydrogen (secondary N) is 1. The fourth-order valence-electron chi connectivity index (χ4n) is 3.80. The molecular formula is C22H24F2N4O3S. The monoisotopic (exact) mass is 462 g/mol. The summed E-state index contributed by atoms with van der Waals surface area (Å²) in [6.07, 6.45) is 4.41. The topological polar surface area (TPSA) is 83.8 Å². The summed E-state index contributed by atoms with van der Waals surface area (Å²) < 4.78 is 55.4. The quantitative estimate of drug-likeness (QED) is 0.638. The lowest BCUT2D eigenvalue weighted by Crippen LogP contribution is -2.42. The Hall–Kier alpha value is -3.01. The van der Waals surface area contributed by atoms with Gasteiger partial charge in [0, 0.05) is 18.3 Å². The van der Waals surface area contributed by atoms with Crippen molar-refractivity contribution in [2.45, 2.75) is 44.4 Å². The second-order valence-corrected chi connectivity index (χ2v) is 11.3. The summed E-state index contributed by atoms with van der Waals surface area (Å²) in [4.78, 5) is 18.9. The Morgan fingerprint density at radius 1 is 1.19 bits per heavy atom. The minimum Gasteiger partial charge on any atom is -0.363 e. The van der Waals surface area contributed by atoms with Crippen LogP contribution in [0.2, 0.25) is 0 Å². The fourth-order valence-corrected chi connectivity index (χ4v) is 4.46. The van der Waals surface area contributed by atoms with Crippen LogP contribution in [-0.2, 0) is 10.0 Å². The molecule has 32 heavy (non-hydrogen) atoms. The molecule has 0 bridgehead atoms. The zero-order valence-corrected chi connectivity index (χ0v) is 18.8. The lowest BCUT2D eigenvalue weighted by molar-refractivity contribution is 0.0975. The highest BCUT2D eigenvalue weighted by Crippen LogP contribution is 2.37. The van der Waals surface area contributed by atoms with Gasteiger partial charge in [-0.1, -0.05) is 0 Å². The van der Waals surface area contributed by atoms with Crippen molar-refractivity contribution in [2.75, 3.05) is 11.4 Å². The number of aromatic nitrogens is 2. The average molecular weight is 463 g/mol. The minimum atomic E-state index is -3.90. The standard InChI is InChI=1S/C22H24F2N4O3S/c1-22(2,3)32(30,31)26-21(29)19-12-25-20-9-7-15(13-28(19)20)27-10-4-5-18(27)16-11-14(23)6-8-17(16)24/h6-9,11-13,18H,4-5,10H2,1-3H3,(H,26,29). The number of imidazole rings is 1. The predicted molar refractivity (Wildman–Crippen MR) is 117 cm³/mol. The molecule has 0 spiro atoms. The van der Waals surface area contributed by atoms with Crippen LogP contribution in [0.4, 0.5) is 14.5 Å². The first-order valence-electron chi connectivity index (χ1n) is 10.2. The van der Waals surface area contributed by atoms with Gasteiger partial charge in [-0.15, -0.1) is 0 Å². The van der Waals surface area contributed by atoms with Crippen LogP contribution < -0.4 is 9.62 Å². The molecule has 2 aromatic heterocycles. The summed E-state index contributed by atoms with van der Waals surface area (Å²) in [6, 6.07) is 6.56. The van der Waals surface area contributed by atoms with E-state index in [1.165, 1.54) is 37.4 Å². The first kappa shape index (κ1) is 22.2. The highest BCUT2D eigenvalue weighted by molar-refractivity contribution is 7.91. The number of benzene rings is 1. The summed E-state index contributed by atoms with van der Waals surface area (Å²) in [5.41, 5.74) is 1.49. The summed E-state index contributed by atoms with van der Waals surface area (Å²) >= 11 is 0. The Morgan fingerprint density at radius 2 is 1.94 bits per heavy atom. The molecule has 1 aromatic carbocycles. The molecule has 3 aromatic rings. The summed E-state index contributed by atoms with van der Waals surface area (Å²) in [5, 5.41) is 0. The number of nitrogens with zero attached hydrogens (tertiary/aromatic N) is 3. The van der Waals surface area contributed by atoms with Crippen molar-refractivity contribution in [1.29, 1.82) is 0 Å². The first-order valence-corrected chi connectivity index (χ1v) is 11.7. The van der Waals surface area contributed by atoms with Gasteiger partial charge in [-0.05, 0) is 63.9 Å². The van der Waals surface area contributed by atoms with E-state index in [1.54, 1.807) is 18.3 Å². The third kappa shape index (κ3) is 3.94. The number of rotatable bonds is 4. The Balaban J connectivity index is 1.70. The number of halogens is 2. The van der Waals surface area contributed by atoms with Crippen LogP contribution >= 0.6 is 0 Å². The van der Waals surface area contributed by atoms with Gasteiger partial charge in [-0.3, -0.25) is 9.20 Å². The van der Waals surface area contributed by atoms with Gasteiger partial charge in [0.1, 0.15) is 23.0 Å². The molecule has 7 nitrogen and oxygen atoms in total. The molecule has 1 fully saturated rings. The van der Waals surface area contributed by atoms with Crippen molar-refractivity contribution < 1.29 is 22.0 Å². The zero-order valence-electron chi connectivity index (χ0n) is 18.0. The molecule has 1 saturated heterocycles. The van der Waals surface area contributed by atoms with E-state index in [1.807, 2.05) is 4.90 Å². The predicted octanol–water partition coefficient (Wildman–Crippen LogP) is 3.81. The van der Waals surface area contributed by atoms with E-state index in [4.69, 9.17) is 0 Å². The van der Waals surface area contributed by atoms with Crippen LogP contribution in [0.15, 0.2) is 42.7 Å². The van der Waals surface area contributed by atoms with Gasteiger partial charge in [0.2, 0.25) is 10.0 Å². The van der Waals surface area contributed by atoms with Crippen LogP contribution in [0.5, 0.6) is 0 Å². The molecule has 1 amide bonds. The smallest absolute Gasteiger partial charge is 0.283 e. The molecular weight excluding hydrogens is 438 g/mol. The maximum atomic E-state index is 14.4. The largest absolute Gasteiger partial charge is 0.363 e. The van der Waals surface area contributed by atoms with Crippen LogP contribution in [0.25, 0.3) is 5.65 Å². The number of sulfonamides is 1. The number of carbonyl (C=O) groups excluding carboxylic acids is 1. The summed E-state index contributed by atoms with van der Waals surface area (Å²) in [6.45, 7) is 5.11. The van der Waals surface area contributed by atoms with E-state index in [0.29, 0.717) is 24.3 Å². The minimum absolute atomic E-state index is 0.0577. The van der Waals surface area contributed by atoms with Gasteiger partial charge in [0.05, 0.1) is 22.7 Å². The first-order chi connectivity index (χ1) is 15.0. The van der Waals surface area contributed by atoms with E-state index in [0.717, 1.165) is 18.6 Å². The van der Waals surface area contributed by atoms with Crippen LogP contribution in [0.1, 0.15) is 55.7 Å². The van der Waals surface area contributed by atoms with Crippen LogP contribution in [0, 0.1) is 11.6 Å². The van der Waals surface area contributed by atoms with Gasteiger partial charge in [-0.25, -0.2) is 26.9 Å². The van der Waals surface area contributed by atoms with Gasteiger partial charge in [0.15, 0.2) is 0 Å². The third-order valence-electron chi connectivity index (χ3n) is 5.66. The van der Waals surface area contributed by atoms with Crippen LogP contribution in [-0.4, -0.2) is 35.0 Å². The third-order valence-corrected chi connectivity index (χ3v) is 7.72. The number of pyridine rings is 1. The zero-order chi connectivity index (χ0) is 23.3. The maximum Gasteiger partial charge on any atom is 0.283 e. The lowest BCUT2D eigenvalue weighted by Gasteiger charge is -2.27. The Bertz CT molecular complexity index is 1300. The summed E-state index contributed by atoms with van der Waals surface area (Å²) in [5.74, 6) is -1.77. The second-order valence-electron chi connectivity index (χ2n) is 8.82. The highest BCUT2D eigenvalue weighted by Gasteiger charge is 2.32. The van der Waals surface area contributed by atoms with Crippen molar-refractivity contribution in [1.82, 2.24) is 14.1 Å². The van der Waals surface area contributed by atoms with Crippen molar-refractivity contribution in [3.8, 4) is 0 Å². The molecule has 1 unspecified atom stereocenters. The molecule has 1 aliphatic heterocycles. The number of hydrogen-bond donors (Lipinski definition) is 1. The normalized spacial score (nSPS) is 17.2. The average Bonchev–Trinajstić information content (AvgIpc) is 3.35. The molecule has 0 saturated carbocycles. The Morgan fingerprint density at radius 3 is 2.66 bits per heavy atom. The molecule has 1 N–H and O–H groups in total. The fraction of sp³-hybridized carbons (Fsp3) is 0.364. The lowest BCUT2D eigenvalue weighted by atomic mass is 10.0. The Kier molecular flexibility index (Phi) is 5.44. The van der Waals surface area contributed by atoms with Gasteiger partial charge < -0.3 is 4.90 Å². The van der Waals surface area contributed by atoms with E-state index >= 15 is 0 Å². The van der Waals surface area contributed by atoms with E-state index in [2.05, 4.69) is 9.71 Å². The number of amides is 1. The van der Waals surface area contributed by atoms with E-state index in [9.17, 15) is 22.0 Å². The van der Waals surface area contributed by atoms with Gasteiger partial charge in [-0.2, -0.15) is 0 Å².